The highest BCUT2D eigenvalue weighted by atomic mass is 19.4. The summed E-state index contributed by atoms with van der Waals surface area (Å²) in [6.07, 6.45) is -4.59. The Morgan fingerprint density at radius 2 is 1.36 bits per heavy atom. The molecule has 2 aromatic carbocycles. The van der Waals surface area contributed by atoms with Crippen LogP contribution in [0.4, 0.5) is 13.2 Å². The molecule has 2 amide bonds. The number of piperazine rings is 1. The fraction of sp³-hybridized carbons (Fsp3) is 0.333. The first-order valence-electron chi connectivity index (χ1n) is 9.00. The van der Waals surface area contributed by atoms with Gasteiger partial charge in [-0.3, -0.25) is 9.59 Å². The zero-order valence-electron chi connectivity index (χ0n) is 15.7. The van der Waals surface area contributed by atoms with Crippen molar-refractivity contribution in [1.82, 2.24) is 9.80 Å². The van der Waals surface area contributed by atoms with Crippen LogP contribution in [0.3, 0.4) is 0 Å². The summed E-state index contributed by atoms with van der Waals surface area (Å²) < 4.78 is 39.5. The van der Waals surface area contributed by atoms with E-state index in [0.717, 1.165) is 17.2 Å². The fourth-order valence-corrected chi connectivity index (χ4v) is 3.34. The van der Waals surface area contributed by atoms with Crippen LogP contribution in [0.25, 0.3) is 0 Å². The second-order valence-corrected chi connectivity index (χ2v) is 6.95. The van der Waals surface area contributed by atoms with Gasteiger partial charge in [-0.1, -0.05) is 29.8 Å². The maximum atomic E-state index is 13.2. The molecule has 0 unspecified atom stereocenters. The first-order chi connectivity index (χ1) is 13.2. The third kappa shape index (κ3) is 4.03. The zero-order chi connectivity index (χ0) is 20.5. The van der Waals surface area contributed by atoms with E-state index in [1.165, 1.54) is 23.1 Å². The Kier molecular flexibility index (Phi) is 5.45. The number of hydrogen-bond donors (Lipinski definition) is 0. The molecule has 0 bridgehead atoms. The molecule has 1 aliphatic heterocycles. The Morgan fingerprint density at radius 3 is 1.93 bits per heavy atom. The van der Waals surface area contributed by atoms with Gasteiger partial charge in [0.25, 0.3) is 11.8 Å². The van der Waals surface area contributed by atoms with Crippen LogP contribution in [0.1, 0.15) is 37.4 Å². The van der Waals surface area contributed by atoms with E-state index in [1.807, 2.05) is 32.0 Å². The lowest BCUT2D eigenvalue weighted by Crippen LogP contribution is -2.51. The van der Waals surface area contributed by atoms with Gasteiger partial charge in [0.2, 0.25) is 0 Å². The van der Waals surface area contributed by atoms with Crippen molar-refractivity contribution in [2.45, 2.75) is 20.0 Å². The van der Waals surface area contributed by atoms with Crippen molar-refractivity contribution in [3.05, 3.63) is 70.3 Å². The van der Waals surface area contributed by atoms with Gasteiger partial charge in [-0.2, -0.15) is 13.2 Å². The van der Waals surface area contributed by atoms with Crippen molar-refractivity contribution >= 4 is 11.8 Å². The number of nitrogens with zero attached hydrogens (tertiary/aromatic N) is 2. The van der Waals surface area contributed by atoms with Gasteiger partial charge in [-0.25, -0.2) is 0 Å². The molecule has 1 saturated heterocycles. The Labute approximate surface area is 161 Å². The number of halogens is 3. The van der Waals surface area contributed by atoms with Crippen LogP contribution < -0.4 is 0 Å². The van der Waals surface area contributed by atoms with Crippen molar-refractivity contribution in [2.24, 2.45) is 0 Å². The van der Waals surface area contributed by atoms with E-state index < -0.39 is 17.6 Å². The third-order valence-corrected chi connectivity index (χ3v) is 4.94. The molecule has 0 radical (unpaired) electrons. The van der Waals surface area contributed by atoms with Crippen molar-refractivity contribution in [2.75, 3.05) is 26.2 Å². The molecule has 7 heteroatoms. The normalized spacial score (nSPS) is 14.9. The summed E-state index contributed by atoms with van der Waals surface area (Å²) in [6.45, 7) is 4.73. The quantitative estimate of drug-likeness (QED) is 0.780. The van der Waals surface area contributed by atoms with Crippen LogP contribution in [0.15, 0.2) is 42.5 Å². The summed E-state index contributed by atoms with van der Waals surface area (Å²) >= 11 is 0. The van der Waals surface area contributed by atoms with Crippen LogP contribution in [0.2, 0.25) is 0 Å². The number of alkyl halides is 3. The number of amides is 2. The minimum Gasteiger partial charge on any atom is -0.335 e. The van der Waals surface area contributed by atoms with Crippen molar-refractivity contribution in [3.63, 3.8) is 0 Å². The Bertz CT molecular complexity index is 901. The number of rotatable bonds is 2. The molecule has 0 aromatic heterocycles. The van der Waals surface area contributed by atoms with E-state index in [2.05, 4.69) is 0 Å². The zero-order valence-corrected chi connectivity index (χ0v) is 15.7. The monoisotopic (exact) mass is 390 g/mol. The summed E-state index contributed by atoms with van der Waals surface area (Å²) in [7, 11) is 0. The Morgan fingerprint density at radius 1 is 0.821 bits per heavy atom. The molecule has 0 spiro atoms. The molecule has 148 valence electrons. The van der Waals surface area contributed by atoms with Crippen molar-refractivity contribution in [1.29, 1.82) is 0 Å². The topological polar surface area (TPSA) is 40.6 Å². The van der Waals surface area contributed by atoms with E-state index in [1.54, 1.807) is 4.90 Å². The molecular formula is C21H21F3N2O2. The van der Waals surface area contributed by atoms with E-state index in [9.17, 15) is 22.8 Å². The molecule has 1 heterocycles. The summed E-state index contributed by atoms with van der Waals surface area (Å²) in [4.78, 5) is 28.4. The molecule has 2 aromatic rings. The number of carbonyl (C=O) groups is 2. The second kappa shape index (κ2) is 7.66. The first kappa shape index (κ1) is 19.9. The number of carbonyl (C=O) groups excluding carboxylic acids is 2. The molecule has 0 aliphatic carbocycles. The summed E-state index contributed by atoms with van der Waals surface area (Å²) in [5.74, 6) is -0.782. The largest absolute Gasteiger partial charge is 0.417 e. The lowest BCUT2D eigenvalue weighted by atomic mass is 10.0. The van der Waals surface area contributed by atoms with Crippen LogP contribution in [-0.2, 0) is 6.18 Å². The Hall–Kier alpha value is -2.83. The lowest BCUT2D eigenvalue weighted by Gasteiger charge is -2.35. The van der Waals surface area contributed by atoms with Crippen molar-refractivity contribution in [3.8, 4) is 0 Å². The summed E-state index contributed by atoms with van der Waals surface area (Å²) in [5, 5.41) is 0. The van der Waals surface area contributed by atoms with Gasteiger partial charge in [-0.05, 0) is 37.6 Å². The smallest absolute Gasteiger partial charge is 0.335 e. The predicted octanol–water partition coefficient (Wildman–Crippen LogP) is 3.92. The van der Waals surface area contributed by atoms with E-state index >= 15 is 0 Å². The van der Waals surface area contributed by atoms with E-state index in [4.69, 9.17) is 0 Å². The average molecular weight is 390 g/mol. The SMILES string of the molecule is Cc1ccc(C)c(C(=O)N2CCN(C(=O)c3ccccc3C(F)(F)F)CC2)c1. The van der Waals surface area contributed by atoms with Gasteiger partial charge < -0.3 is 9.80 Å². The van der Waals surface area contributed by atoms with Gasteiger partial charge >= 0.3 is 6.18 Å². The number of benzene rings is 2. The molecule has 0 atom stereocenters. The molecule has 1 fully saturated rings. The minimum atomic E-state index is -4.59. The molecule has 4 nitrogen and oxygen atoms in total. The fourth-order valence-electron chi connectivity index (χ4n) is 3.34. The minimum absolute atomic E-state index is 0.121. The molecule has 0 N–H and O–H groups in total. The summed E-state index contributed by atoms with van der Waals surface area (Å²) in [5.41, 5.74) is 1.17. The van der Waals surface area contributed by atoms with Crippen molar-refractivity contribution < 1.29 is 22.8 Å². The molecule has 28 heavy (non-hydrogen) atoms. The van der Waals surface area contributed by atoms with Crippen LogP contribution in [-0.4, -0.2) is 47.8 Å². The highest BCUT2D eigenvalue weighted by Crippen LogP contribution is 2.32. The third-order valence-electron chi connectivity index (χ3n) is 4.94. The number of aryl methyl sites for hydroxylation is 2. The van der Waals surface area contributed by atoms with Gasteiger partial charge in [0.1, 0.15) is 0 Å². The van der Waals surface area contributed by atoms with Crippen LogP contribution in [0, 0.1) is 13.8 Å². The highest BCUT2D eigenvalue weighted by molar-refractivity contribution is 5.97. The van der Waals surface area contributed by atoms with Crippen LogP contribution in [0.5, 0.6) is 0 Å². The molecule has 1 aliphatic rings. The summed E-state index contributed by atoms with van der Waals surface area (Å²) in [6, 6.07) is 10.4. The van der Waals surface area contributed by atoms with Gasteiger partial charge in [-0.15, -0.1) is 0 Å². The lowest BCUT2D eigenvalue weighted by molar-refractivity contribution is -0.138. The van der Waals surface area contributed by atoms with Gasteiger partial charge in [0, 0.05) is 31.7 Å². The highest BCUT2D eigenvalue weighted by Gasteiger charge is 2.36. The molecular weight excluding hydrogens is 369 g/mol. The average Bonchev–Trinajstić information content (AvgIpc) is 2.68. The maximum Gasteiger partial charge on any atom is 0.417 e. The molecule has 0 saturated carbocycles. The standard InChI is InChI=1S/C21H21F3N2O2/c1-14-7-8-15(2)17(13-14)20(28)26-11-9-25(10-12-26)19(27)16-5-3-4-6-18(16)21(22,23)24/h3-8,13H,9-12H2,1-2H3. The Balaban J connectivity index is 1.72. The van der Waals surface area contributed by atoms with E-state index in [0.29, 0.717) is 5.56 Å². The first-order valence-corrected chi connectivity index (χ1v) is 9.00. The second-order valence-electron chi connectivity index (χ2n) is 6.95. The molecule has 3 rings (SSSR count). The van der Waals surface area contributed by atoms with Gasteiger partial charge in [0.15, 0.2) is 0 Å². The van der Waals surface area contributed by atoms with E-state index in [-0.39, 0.29) is 37.6 Å². The number of hydrogen-bond acceptors (Lipinski definition) is 2. The van der Waals surface area contributed by atoms with Crippen LogP contribution >= 0.6 is 0 Å². The maximum absolute atomic E-state index is 13.2. The van der Waals surface area contributed by atoms with Gasteiger partial charge in [0.05, 0.1) is 11.1 Å². The predicted molar refractivity (Wildman–Crippen MR) is 99.2 cm³/mol.